The summed E-state index contributed by atoms with van der Waals surface area (Å²) in [6, 6.07) is 7.11. The fourth-order valence-corrected chi connectivity index (χ4v) is 4.67. The molecule has 2 saturated heterocycles. The summed E-state index contributed by atoms with van der Waals surface area (Å²) >= 11 is 5.86. The minimum Gasteiger partial charge on any atom is -0.396 e. The summed E-state index contributed by atoms with van der Waals surface area (Å²) in [5.74, 6) is -0.846. The maximum absolute atomic E-state index is 11.8. The quantitative estimate of drug-likeness (QED) is 0.762. The Kier molecular flexibility index (Phi) is 5.17. The summed E-state index contributed by atoms with van der Waals surface area (Å²) in [7, 11) is -2.25. The highest BCUT2D eigenvalue weighted by Gasteiger charge is 2.61. The Morgan fingerprint density at radius 1 is 1.38 bits per heavy atom. The molecule has 24 heavy (non-hydrogen) atoms. The van der Waals surface area contributed by atoms with E-state index in [4.69, 9.17) is 30.0 Å². The third-order valence-corrected chi connectivity index (χ3v) is 5.87. The van der Waals surface area contributed by atoms with Gasteiger partial charge in [0.25, 0.3) is 10.1 Å². The van der Waals surface area contributed by atoms with Gasteiger partial charge in [-0.25, -0.2) is 0 Å². The molecule has 4 atom stereocenters. The van der Waals surface area contributed by atoms with E-state index in [-0.39, 0.29) is 25.6 Å². The predicted molar refractivity (Wildman–Crippen MR) is 85.0 cm³/mol. The lowest BCUT2D eigenvalue weighted by Gasteiger charge is -2.28. The zero-order valence-corrected chi connectivity index (χ0v) is 14.6. The van der Waals surface area contributed by atoms with Crippen molar-refractivity contribution in [3.05, 3.63) is 34.9 Å². The van der Waals surface area contributed by atoms with Crippen LogP contribution in [-0.4, -0.2) is 57.6 Å². The van der Waals surface area contributed by atoms with Gasteiger partial charge in [-0.3, -0.25) is 4.18 Å². The normalized spacial score (nSPS) is 34.9. The Balaban J connectivity index is 1.81. The van der Waals surface area contributed by atoms with Crippen LogP contribution >= 0.6 is 11.6 Å². The molecule has 1 unspecified atom stereocenters. The Bertz CT molecular complexity index is 678. The van der Waals surface area contributed by atoms with Crippen molar-refractivity contribution in [3.63, 3.8) is 0 Å². The number of halogens is 1. The summed E-state index contributed by atoms with van der Waals surface area (Å²) in [6.45, 7) is -0.192. The average Bonchev–Trinajstić information content (AvgIpc) is 3.02. The molecule has 0 saturated carbocycles. The second kappa shape index (κ2) is 6.87. The zero-order chi connectivity index (χ0) is 17.4. The van der Waals surface area contributed by atoms with E-state index < -0.39 is 34.0 Å². The van der Waals surface area contributed by atoms with Gasteiger partial charge in [0.05, 0.1) is 25.7 Å². The van der Waals surface area contributed by atoms with Gasteiger partial charge >= 0.3 is 0 Å². The first kappa shape index (κ1) is 18.1. The number of aliphatic hydroxyl groups excluding tert-OH is 1. The van der Waals surface area contributed by atoms with Crippen LogP contribution in [0.3, 0.4) is 0 Å². The molecule has 7 nitrogen and oxygen atoms in total. The van der Waals surface area contributed by atoms with E-state index in [0.29, 0.717) is 5.02 Å². The second-order valence-corrected chi connectivity index (χ2v) is 8.03. The van der Waals surface area contributed by atoms with Crippen LogP contribution in [-0.2, 0) is 35.1 Å². The zero-order valence-electron chi connectivity index (χ0n) is 13.1. The van der Waals surface area contributed by atoms with Gasteiger partial charge in [0.2, 0.25) is 0 Å². The summed E-state index contributed by atoms with van der Waals surface area (Å²) in [4.78, 5) is 0. The molecule has 0 bridgehead atoms. The highest BCUT2D eigenvalue weighted by atomic mass is 35.5. The number of ether oxygens (including phenoxy) is 3. The summed E-state index contributed by atoms with van der Waals surface area (Å²) in [5, 5.41) is 10.3. The highest BCUT2D eigenvalue weighted by Crippen LogP contribution is 2.42. The third kappa shape index (κ3) is 3.45. The lowest BCUT2D eigenvalue weighted by atomic mass is 9.92. The first-order valence-corrected chi connectivity index (χ1v) is 9.39. The van der Waals surface area contributed by atoms with Crippen LogP contribution in [0, 0.1) is 5.92 Å². The van der Waals surface area contributed by atoms with E-state index in [2.05, 4.69) is 0 Å². The molecule has 3 rings (SSSR count). The van der Waals surface area contributed by atoms with Gasteiger partial charge in [-0.2, -0.15) is 8.42 Å². The molecule has 2 aliphatic rings. The molecular weight excluding hydrogens is 360 g/mol. The van der Waals surface area contributed by atoms with E-state index in [1.54, 1.807) is 12.1 Å². The standard InChI is InChI=1S/C15H19ClO7S/c1-20-14-12(6-17)13(15(23-14)8-22-24(18,19)9-15)21-7-10-2-4-11(16)5-3-10/h2-5,12-14,17H,6-9H2,1H3/t12-,13+,14+,15?/m1/s1. The Labute approximate surface area is 145 Å². The van der Waals surface area contributed by atoms with Crippen LogP contribution in [0.15, 0.2) is 24.3 Å². The minimum atomic E-state index is -3.68. The summed E-state index contributed by atoms with van der Waals surface area (Å²) in [6.07, 6.45) is -1.44. The van der Waals surface area contributed by atoms with Crippen LogP contribution in [0.25, 0.3) is 0 Å². The molecular formula is C15H19ClO7S. The molecule has 1 spiro atoms. The molecule has 2 fully saturated rings. The second-order valence-electron chi connectivity index (χ2n) is 5.96. The molecule has 1 aromatic carbocycles. The van der Waals surface area contributed by atoms with Crippen molar-refractivity contribution in [3.8, 4) is 0 Å². The van der Waals surface area contributed by atoms with Crippen molar-refractivity contribution < 1.29 is 31.9 Å². The van der Waals surface area contributed by atoms with Crippen molar-refractivity contribution in [2.75, 3.05) is 26.1 Å². The monoisotopic (exact) mass is 378 g/mol. The molecule has 0 aliphatic carbocycles. The molecule has 0 amide bonds. The van der Waals surface area contributed by atoms with Gasteiger partial charge in [-0.1, -0.05) is 23.7 Å². The average molecular weight is 379 g/mol. The fourth-order valence-electron chi connectivity index (χ4n) is 3.17. The number of rotatable bonds is 5. The van der Waals surface area contributed by atoms with Crippen molar-refractivity contribution in [2.24, 2.45) is 5.92 Å². The minimum absolute atomic E-state index is 0.156. The molecule has 1 N–H and O–H groups in total. The van der Waals surface area contributed by atoms with Crippen LogP contribution in [0.5, 0.6) is 0 Å². The molecule has 2 aliphatic heterocycles. The molecule has 2 heterocycles. The first-order valence-electron chi connectivity index (χ1n) is 7.44. The molecule has 134 valence electrons. The molecule has 1 aromatic rings. The number of hydrogen-bond donors (Lipinski definition) is 1. The van der Waals surface area contributed by atoms with Crippen LogP contribution in [0.2, 0.25) is 5.02 Å². The van der Waals surface area contributed by atoms with Crippen LogP contribution < -0.4 is 0 Å². The van der Waals surface area contributed by atoms with Gasteiger partial charge in [0.1, 0.15) is 17.5 Å². The summed E-state index contributed by atoms with van der Waals surface area (Å²) < 4.78 is 45.4. The SMILES string of the molecule is CO[C@H]1OC2(COS(=O)(=O)C2)[C@@H](OCc2ccc(Cl)cc2)[C@H]1CO. The van der Waals surface area contributed by atoms with E-state index >= 15 is 0 Å². The molecule has 0 aromatic heterocycles. The van der Waals surface area contributed by atoms with Gasteiger partial charge in [-0.05, 0) is 17.7 Å². The number of benzene rings is 1. The van der Waals surface area contributed by atoms with Crippen molar-refractivity contribution in [2.45, 2.75) is 24.6 Å². The molecule has 0 radical (unpaired) electrons. The third-order valence-electron chi connectivity index (χ3n) is 4.30. The molecule has 9 heteroatoms. The van der Waals surface area contributed by atoms with Crippen LogP contribution in [0.1, 0.15) is 5.56 Å². The highest BCUT2D eigenvalue weighted by molar-refractivity contribution is 7.87. The van der Waals surface area contributed by atoms with Gasteiger partial charge < -0.3 is 19.3 Å². The van der Waals surface area contributed by atoms with Crippen molar-refractivity contribution >= 4 is 21.7 Å². The number of hydrogen-bond acceptors (Lipinski definition) is 7. The smallest absolute Gasteiger partial charge is 0.270 e. The maximum atomic E-state index is 11.8. The Morgan fingerprint density at radius 3 is 2.62 bits per heavy atom. The first-order chi connectivity index (χ1) is 11.4. The van der Waals surface area contributed by atoms with Gasteiger partial charge in [-0.15, -0.1) is 0 Å². The largest absolute Gasteiger partial charge is 0.396 e. The fraction of sp³-hybridized carbons (Fsp3) is 0.600. The Hall–Kier alpha value is -0.740. The predicted octanol–water partition coefficient (Wildman–Crippen LogP) is 0.935. The van der Waals surface area contributed by atoms with Gasteiger partial charge in [0, 0.05) is 12.1 Å². The van der Waals surface area contributed by atoms with Crippen LogP contribution in [0.4, 0.5) is 0 Å². The van der Waals surface area contributed by atoms with E-state index in [9.17, 15) is 13.5 Å². The maximum Gasteiger partial charge on any atom is 0.270 e. The lowest BCUT2D eigenvalue weighted by molar-refractivity contribution is -0.170. The Morgan fingerprint density at radius 2 is 2.08 bits per heavy atom. The van der Waals surface area contributed by atoms with E-state index in [1.165, 1.54) is 7.11 Å². The van der Waals surface area contributed by atoms with E-state index in [0.717, 1.165) is 5.56 Å². The van der Waals surface area contributed by atoms with E-state index in [1.807, 2.05) is 12.1 Å². The van der Waals surface area contributed by atoms with Crippen molar-refractivity contribution in [1.82, 2.24) is 0 Å². The number of aliphatic hydroxyl groups is 1. The summed E-state index contributed by atoms with van der Waals surface area (Å²) in [5.41, 5.74) is -0.312. The van der Waals surface area contributed by atoms with Crippen molar-refractivity contribution in [1.29, 1.82) is 0 Å². The lowest BCUT2D eigenvalue weighted by Crippen LogP contribution is -2.47. The number of methoxy groups -OCH3 is 1. The van der Waals surface area contributed by atoms with Gasteiger partial charge in [0.15, 0.2) is 6.29 Å². The topological polar surface area (TPSA) is 91.3 Å².